The van der Waals surface area contributed by atoms with Gasteiger partial charge in [0, 0.05) is 18.1 Å². The van der Waals surface area contributed by atoms with Crippen LogP contribution in [-0.4, -0.2) is 46.9 Å². The first kappa shape index (κ1) is 24.0. The van der Waals surface area contributed by atoms with Crippen LogP contribution in [0, 0.1) is 6.92 Å². The van der Waals surface area contributed by atoms with E-state index in [4.69, 9.17) is 9.47 Å². The molecule has 10 heteroatoms. The van der Waals surface area contributed by atoms with Crippen molar-refractivity contribution in [2.45, 2.75) is 19.9 Å². The molecule has 9 nitrogen and oxygen atoms in total. The maximum Gasteiger partial charge on any atom is 0.301 e. The van der Waals surface area contributed by atoms with E-state index >= 15 is 0 Å². The number of aliphatic hydroxyl groups is 1. The number of aryl methyl sites for hydroxylation is 1. The van der Waals surface area contributed by atoms with Crippen LogP contribution >= 0.6 is 11.3 Å². The number of ketones is 2. The molecule has 1 amide bonds. The summed E-state index contributed by atoms with van der Waals surface area (Å²) in [6.07, 6.45) is 0. The number of nitrogens with zero attached hydrogens (tertiary/aromatic N) is 2. The van der Waals surface area contributed by atoms with Crippen LogP contribution < -0.4 is 14.4 Å². The summed E-state index contributed by atoms with van der Waals surface area (Å²) in [6, 6.07) is 9.40. The molecule has 2 N–H and O–H groups in total. The second-order valence-corrected chi connectivity index (χ2v) is 8.77. The molecule has 0 aliphatic carbocycles. The second kappa shape index (κ2) is 9.22. The van der Waals surface area contributed by atoms with Gasteiger partial charge in [-0.05, 0) is 49.4 Å². The Kier molecular flexibility index (Phi) is 6.31. The van der Waals surface area contributed by atoms with E-state index < -0.39 is 23.5 Å². The highest BCUT2D eigenvalue weighted by molar-refractivity contribution is 7.18. The van der Waals surface area contributed by atoms with E-state index in [-0.39, 0.29) is 39.1 Å². The van der Waals surface area contributed by atoms with Crippen LogP contribution in [0.25, 0.3) is 5.76 Å². The third kappa shape index (κ3) is 4.12. The Labute approximate surface area is 204 Å². The smallest absolute Gasteiger partial charge is 0.301 e. The van der Waals surface area contributed by atoms with Gasteiger partial charge in [0.2, 0.25) is 0 Å². The van der Waals surface area contributed by atoms with Crippen LogP contribution in [0.15, 0.2) is 48.0 Å². The number of aliphatic hydroxyl groups excluding tert-OH is 1. The van der Waals surface area contributed by atoms with Gasteiger partial charge >= 0.3 is 5.91 Å². The van der Waals surface area contributed by atoms with E-state index in [2.05, 4.69) is 4.98 Å². The van der Waals surface area contributed by atoms with Crippen molar-refractivity contribution in [3.63, 3.8) is 0 Å². The standard InChI is InChI=1S/C25H22N2O7S/c1-12-23(13(2)28)35-25(26-12)27-20(17-11-15(29)7-10-18(17)34-4)19(22(31)24(27)32)21(30)14-5-8-16(33-3)9-6-14/h5-11,20,29-30H,1-4H3/t20-/m0/s1. The largest absolute Gasteiger partial charge is 0.508 e. The van der Waals surface area contributed by atoms with Gasteiger partial charge in [-0.1, -0.05) is 11.3 Å². The topological polar surface area (TPSA) is 126 Å². The van der Waals surface area contributed by atoms with E-state index in [0.29, 0.717) is 16.3 Å². The average molecular weight is 495 g/mol. The molecule has 180 valence electrons. The van der Waals surface area contributed by atoms with Crippen LogP contribution in [0.2, 0.25) is 0 Å². The maximum atomic E-state index is 13.3. The fraction of sp³-hybridized carbons (Fsp3) is 0.200. The van der Waals surface area contributed by atoms with E-state index in [9.17, 15) is 24.6 Å². The van der Waals surface area contributed by atoms with Crippen LogP contribution in [0.4, 0.5) is 5.13 Å². The summed E-state index contributed by atoms with van der Waals surface area (Å²) >= 11 is 0.969. The van der Waals surface area contributed by atoms with Crippen molar-refractivity contribution in [1.82, 2.24) is 4.98 Å². The lowest BCUT2D eigenvalue weighted by molar-refractivity contribution is -0.132. The van der Waals surface area contributed by atoms with Crippen molar-refractivity contribution < 1.29 is 34.1 Å². The van der Waals surface area contributed by atoms with E-state index in [1.54, 1.807) is 31.2 Å². The summed E-state index contributed by atoms with van der Waals surface area (Å²) in [6.45, 7) is 3.02. The fourth-order valence-corrected chi connectivity index (χ4v) is 4.96. The first-order chi connectivity index (χ1) is 16.7. The van der Waals surface area contributed by atoms with Crippen LogP contribution in [0.1, 0.15) is 39.5 Å². The highest BCUT2D eigenvalue weighted by Gasteiger charge is 2.49. The van der Waals surface area contributed by atoms with Crippen molar-refractivity contribution >= 4 is 39.7 Å². The lowest BCUT2D eigenvalue weighted by atomic mass is 9.94. The Morgan fingerprint density at radius 1 is 1.09 bits per heavy atom. The van der Waals surface area contributed by atoms with Crippen molar-refractivity contribution in [2.75, 3.05) is 19.1 Å². The molecule has 1 aliphatic heterocycles. The zero-order chi connectivity index (χ0) is 25.4. The molecule has 0 radical (unpaired) electrons. The van der Waals surface area contributed by atoms with Crippen molar-refractivity contribution in [3.8, 4) is 17.2 Å². The highest BCUT2D eigenvalue weighted by Crippen LogP contribution is 2.47. The average Bonchev–Trinajstić information content (AvgIpc) is 3.35. The van der Waals surface area contributed by atoms with Crippen LogP contribution in [0.3, 0.4) is 0 Å². The van der Waals surface area contributed by atoms with Gasteiger partial charge in [-0.25, -0.2) is 4.98 Å². The molecule has 0 unspecified atom stereocenters. The Morgan fingerprint density at radius 3 is 2.34 bits per heavy atom. The molecule has 2 heterocycles. The molecular formula is C25H22N2O7S. The molecule has 1 aromatic heterocycles. The summed E-state index contributed by atoms with van der Waals surface area (Å²) in [5, 5.41) is 21.5. The SMILES string of the molecule is COc1ccc(C(O)=C2C(=O)C(=O)N(c3nc(C)c(C(C)=O)s3)[C@H]2c2cc(O)ccc2OC)cc1. The van der Waals surface area contributed by atoms with Crippen LogP contribution in [-0.2, 0) is 9.59 Å². The first-order valence-electron chi connectivity index (χ1n) is 10.5. The number of thiazole rings is 1. The molecule has 0 spiro atoms. The summed E-state index contributed by atoms with van der Waals surface area (Å²) in [4.78, 5) is 44.5. The Bertz CT molecular complexity index is 1370. The zero-order valence-corrected chi connectivity index (χ0v) is 20.2. The number of amides is 1. The molecule has 1 fully saturated rings. The monoisotopic (exact) mass is 494 g/mol. The number of phenolic OH excluding ortho intramolecular Hbond substituents is 1. The zero-order valence-electron chi connectivity index (χ0n) is 19.4. The number of Topliss-reactive ketones (excluding diaryl/α,β-unsaturated/α-hetero) is 2. The number of hydrogen-bond acceptors (Lipinski definition) is 9. The number of benzene rings is 2. The fourth-order valence-electron chi connectivity index (χ4n) is 3.98. The Hall–Kier alpha value is -4.18. The second-order valence-electron chi connectivity index (χ2n) is 7.79. The minimum atomic E-state index is -1.18. The van der Waals surface area contributed by atoms with Gasteiger partial charge in [-0.2, -0.15) is 0 Å². The number of carbonyl (C=O) groups excluding carboxylic acids is 3. The number of carbonyl (C=O) groups is 3. The number of anilines is 1. The first-order valence-corrected chi connectivity index (χ1v) is 11.3. The van der Waals surface area contributed by atoms with Crippen molar-refractivity contribution in [2.24, 2.45) is 0 Å². The van der Waals surface area contributed by atoms with Gasteiger partial charge < -0.3 is 19.7 Å². The molecule has 35 heavy (non-hydrogen) atoms. The summed E-state index contributed by atoms with van der Waals surface area (Å²) in [5.74, 6) is -1.82. The maximum absolute atomic E-state index is 13.3. The van der Waals surface area contributed by atoms with Gasteiger partial charge in [0.25, 0.3) is 5.78 Å². The summed E-state index contributed by atoms with van der Waals surface area (Å²) in [7, 11) is 2.91. The minimum Gasteiger partial charge on any atom is -0.508 e. The highest BCUT2D eigenvalue weighted by atomic mass is 32.1. The molecule has 1 saturated heterocycles. The number of aromatic hydroxyl groups is 1. The summed E-state index contributed by atoms with van der Waals surface area (Å²) in [5.41, 5.74) is 0.754. The number of rotatable bonds is 6. The molecule has 0 bridgehead atoms. The molecule has 0 saturated carbocycles. The molecule has 4 rings (SSSR count). The third-order valence-electron chi connectivity index (χ3n) is 5.63. The summed E-state index contributed by atoms with van der Waals surface area (Å²) < 4.78 is 10.6. The van der Waals surface area contributed by atoms with Gasteiger partial charge in [0.15, 0.2) is 10.9 Å². The van der Waals surface area contributed by atoms with E-state index in [0.717, 1.165) is 16.2 Å². The predicted molar refractivity (Wildman–Crippen MR) is 129 cm³/mol. The number of ether oxygens (including phenoxy) is 2. The quantitative estimate of drug-likeness (QED) is 0.228. The van der Waals surface area contributed by atoms with Crippen molar-refractivity contribution in [3.05, 3.63) is 69.7 Å². The molecular weight excluding hydrogens is 472 g/mol. The van der Waals surface area contributed by atoms with Crippen molar-refractivity contribution in [1.29, 1.82) is 0 Å². The lowest BCUT2D eigenvalue weighted by Gasteiger charge is -2.24. The number of phenols is 1. The van der Waals surface area contributed by atoms with Crippen LogP contribution in [0.5, 0.6) is 17.2 Å². The molecule has 1 atom stereocenters. The van der Waals surface area contributed by atoms with E-state index in [1.807, 2.05) is 0 Å². The predicted octanol–water partition coefficient (Wildman–Crippen LogP) is 4.00. The van der Waals surface area contributed by atoms with Gasteiger partial charge in [-0.15, -0.1) is 0 Å². The number of hydrogen-bond donors (Lipinski definition) is 2. The van der Waals surface area contributed by atoms with Gasteiger partial charge in [0.1, 0.15) is 29.0 Å². The number of aromatic nitrogens is 1. The Morgan fingerprint density at radius 2 is 1.77 bits per heavy atom. The number of methoxy groups -OCH3 is 2. The van der Waals surface area contributed by atoms with Gasteiger partial charge in [0.05, 0.1) is 30.4 Å². The molecule has 3 aromatic rings. The Balaban J connectivity index is 1.99. The van der Waals surface area contributed by atoms with E-state index in [1.165, 1.54) is 39.3 Å². The lowest BCUT2D eigenvalue weighted by Crippen LogP contribution is -2.29. The van der Waals surface area contributed by atoms with Gasteiger partial charge in [-0.3, -0.25) is 19.3 Å². The molecule has 1 aliphatic rings. The third-order valence-corrected chi connectivity index (χ3v) is 6.88. The molecule has 2 aromatic carbocycles. The minimum absolute atomic E-state index is 0.110. The normalized spacial score (nSPS) is 17.0.